The van der Waals surface area contributed by atoms with Crippen molar-refractivity contribution in [1.29, 1.82) is 0 Å². The Hall–Kier alpha value is -0.260. The van der Waals surface area contributed by atoms with E-state index in [0.29, 0.717) is 0 Å². The largest absolute Gasteiger partial charge is 0.103 e. The fourth-order valence-electron chi connectivity index (χ4n) is 2.43. The van der Waals surface area contributed by atoms with Crippen LogP contribution < -0.4 is 0 Å². The summed E-state index contributed by atoms with van der Waals surface area (Å²) in [7, 11) is 0. The maximum absolute atomic E-state index is 3.86. The van der Waals surface area contributed by atoms with E-state index in [9.17, 15) is 0 Å². The second-order valence-corrected chi connectivity index (χ2v) is 5.16. The number of hydrogen-bond donors (Lipinski definition) is 0. The van der Waals surface area contributed by atoms with Gasteiger partial charge < -0.3 is 0 Å². The Balaban J connectivity index is 1.72. The second kappa shape index (κ2) is 7.96. The topological polar surface area (TPSA) is 0 Å². The SMILES string of the molecule is C=CC1CC1CCCCCCCCCC. The van der Waals surface area contributed by atoms with Crippen molar-refractivity contribution >= 4 is 0 Å². The molecule has 0 bridgehead atoms. The van der Waals surface area contributed by atoms with Crippen molar-refractivity contribution in [2.75, 3.05) is 0 Å². The second-order valence-electron chi connectivity index (χ2n) is 5.16. The zero-order chi connectivity index (χ0) is 10.9. The lowest BCUT2D eigenvalue weighted by atomic mass is 10.1. The van der Waals surface area contributed by atoms with Crippen LogP contribution in [0.1, 0.15) is 71.1 Å². The minimum Gasteiger partial charge on any atom is -0.103 e. The first-order valence-corrected chi connectivity index (χ1v) is 7.01. The standard InChI is InChI=1S/C15H28/c1-3-5-6-7-8-9-10-11-12-15-13-14(15)4-2/h4,14-15H,2-3,5-13H2,1H3. The Morgan fingerprint density at radius 1 is 1.00 bits per heavy atom. The van der Waals surface area contributed by atoms with Crippen molar-refractivity contribution in [3.63, 3.8) is 0 Å². The van der Waals surface area contributed by atoms with Gasteiger partial charge in [-0.05, 0) is 24.7 Å². The Morgan fingerprint density at radius 3 is 2.13 bits per heavy atom. The molecule has 0 heteroatoms. The number of allylic oxidation sites excluding steroid dienone is 1. The van der Waals surface area contributed by atoms with Crippen molar-refractivity contribution in [2.24, 2.45) is 11.8 Å². The molecule has 0 nitrogen and oxygen atoms in total. The van der Waals surface area contributed by atoms with E-state index in [1.54, 1.807) is 0 Å². The van der Waals surface area contributed by atoms with Crippen LogP contribution in [-0.2, 0) is 0 Å². The van der Waals surface area contributed by atoms with Crippen LogP contribution in [0.15, 0.2) is 12.7 Å². The molecule has 2 unspecified atom stereocenters. The van der Waals surface area contributed by atoms with Crippen molar-refractivity contribution in [3.05, 3.63) is 12.7 Å². The van der Waals surface area contributed by atoms with E-state index in [0.717, 1.165) is 11.8 Å². The summed E-state index contributed by atoms with van der Waals surface area (Å²) in [5.41, 5.74) is 0. The van der Waals surface area contributed by atoms with Gasteiger partial charge in [0.05, 0.1) is 0 Å². The highest BCUT2D eigenvalue weighted by molar-refractivity contribution is 4.97. The number of rotatable bonds is 10. The Bertz CT molecular complexity index is 159. The summed E-state index contributed by atoms with van der Waals surface area (Å²) >= 11 is 0. The molecule has 0 aromatic rings. The molecule has 0 aliphatic heterocycles. The molecule has 1 aliphatic carbocycles. The minimum absolute atomic E-state index is 0.884. The smallest absolute Gasteiger partial charge is 0.0205 e. The summed E-state index contributed by atoms with van der Waals surface area (Å²) in [5.74, 6) is 1.90. The van der Waals surface area contributed by atoms with Crippen LogP contribution in [0.2, 0.25) is 0 Å². The molecule has 15 heavy (non-hydrogen) atoms. The number of unbranched alkanes of at least 4 members (excludes halogenated alkanes) is 7. The molecular formula is C15H28. The predicted octanol–water partition coefficient (Wildman–Crippen LogP) is 5.34. The van der Waals surface area contributed by atoms with Gasteiger partial charge in [-0.3, -0.25) is 0 Å². The molecule has 1 aliphatic rings. The van der Waals surface area contributed by atoms with E-state index in [-0.39, 0.29) is 0 Å². The number of hydrogen-bond acceptors (Lipinski definition) is 0. The van der Waals surface area contributed by atoms with Gasteiger partial charge in [-0.1, -0.05) is 64.4 Å². The van der Waals surface area contributed by atoms with Crippen LogP contribution in [0.5, 0.6) is 0 Å². The lowest BCUT2D eigenvalue weighted by molar-refractivity contribution is 0.546. The van der Waals surface area contributed by atoms with Crippen LogP contribution in [0.25, 0.3) is 0 Å². The Morgan fingerprint density at radius 2 is 1.60 bits per heavy atom. The van der Waals surface area contributed by atoms with Gasteiger partial charge in [0, 0.05) is 0 Å². The average molecular weight is 208 g/mol. The summed E-state index contributed by atoms with van der Waals surface area (Å²) in [6, 6.07) is 0. The first-order valence-electron chi connectivity index (χ1n) is 7.01. The average Bonchev–Trinajstić information content (AvgIpc) is 3.01. The van der Waals surface area contributed by atoms with Crippen LogP contribution in [-0.4, -0.2) is 0 Å². The molecule has 2 atom stereocenters. The molecule has 1 rings (SSSR count). The maximum Gasteiger partial charge on any atom is -0.0205 e. The summed E-state index contributed by atoms with van der Waals surface area (Å²) in [4.78, 5) is 0. The summed E-state index contributed by atoms with van der Waals surface area (Å²) < 4.78 is 0. The van der Waals surface area contributed by atoms with Crippen molar-refractivity contribution in [3.8, 4) is 0 Å². The van der Waals surface area contributed by atoms with E-state index in [4.69, 9.17) is 0 Å². The molecule has 0 aromatic carbocycles. The molecule has 0 radical (unpaired) electrons. The first kappa shape index (κ1) is 12.8. The maximum atomic E-state index is 3.86. The normalized spacial score (nSPS) is 24.1. The van der Waals surface area contributed by atoms with Gasteiger partial charge in [0.2, 0.25) is 0 Å². The van der Waals surface area contributed by atoms with Gasteiger partial charge in [-0.2, -0.15) is 0 Å². The molecule has 88 valence electrons. The van der Waals surface area contributed by atoms with Crippen LogP contribution in [0, 0.1) is 11.8 Å². The van der Waals surface area contributed by atoms with Crippen molar-refractivity contribution in [2.45, 2.75) is 71.1 Å². The van der Waals surface area contributed by atoms with Crippen LogP contribution >= 0.6 is 0 Å². The van der Waals surface area contributed by atoms with Gasteiger partial charge in [-0.15, -0.1) is 6.58 Å². The molecule has 1 fully saturated rings. The summed E-state index contributed by atoms with van der Waals surface area (Å²) in [5, 5.41) is 0. The third-order valence-electron chi connectivity index (χ3n) is 3.71. The van der Waals surface area contributed by atoms with Gasteiger partial charge >= 0.3 is 0 Å². The fourth-order valence-corrected chi connectivity index (χ4v) is 2.43. The monoisotopic (exact) mass is 208 g/mol. The highest BCUT2D eigenvalue weighted by Crippen LogP contribution is 2.42. The predicted molar refractivity (Wildman–Crippen MR) is 69.0 cm³/mol. The van der Waals surface area contributed by atoms with E-state index in [1.165, 1.54) is 64.2 Å². The van der Waals surface area contributed by atoms with Gasteiger partial charge in [-0.25, -0.2) is 0 Å². The lowest BCUT2D eigenvalue weighted by Crippen LogP contribution is -1.83. The molecule has 0 spiro atoms. The first-order chi connectivity index (χ1) is 7.38. The summed E-state index contributed by atoms with van der Waals surface area (Å²) in [6.07, 6.45) is 16.6. The Kier molecular flexibility index (Phi) is 6.80. The molecule has 0 saturated heterocycles. The van der Waals surface area contributed by atoms with E-state index < -0.39 is 0 Å². The molecule has 0 heterocycles. The third kappa shape index (κ3) is 6.02. The third-order valence-corrected chi connectivity index (χ3v) is 3.71. The van der Waals surface area contributed by atoms with Crippen LogP contribution in [0.3, 0.4) is 0 Å². The molecule has 0 amide bonds. The molecule has 0 N–H and O–H groups in total. The van der Waals surface area contributed by atoms with Crippen molar-refractivity contribution in [1.82, 2.24) is 0 Å². The Labute approximate surface area is 96.2 Å². The fraction of sp³-hybridized carbons (Fsp3) is 0.867. The zero-order valence-corrected chi connectivity index (χ0v) is 10.5. The van der Waals surface area contributed by atoms with Crippen LogP contribution in [0.4, 0.5) is 0 Å². The molecule has 1 saturated carbocycles. The quantitative estimate of drug-likeness (QED) is 0.336. The van der Waals surface area contributed by atoms with E-state index in [2.05, 4.69) is 19.6 Å². The molecule has 0 aromatic heterocycles. The van der Waals surface area contributed by atoms with E-state index in [1.807, 2.05) is 0 Å². The zero-order valence-electron chi connectivity index (χ0n) is 10.5. The highest BCUT2D eigenvalue weighted by Gasteiger charge is 2.32. The van der Waals surface area contributed by atoms with Gasteiger partial charge in [0.15, 0.2) is 0 Å². The summed E-state index contributed by atoms with van der Waals surface area (Å²) in [6.45, 7) is 6.14. The van der Waals surface area contributed by atoms with Crippen molar-refractivity contribution < 1.29 is 0 Å². The van der Waals surface area contributed by atoms with Gasteiger partial charge in [0.1, 0.15) is 0 Å². The van der Waals surface area contributed by atoms with E-state index >= 15 is 0 Å². The lowest BCUT2D eigenvalue weighted by Gasteiger charge is -2.01. The van der Waals surface area contributed by atoms with Gasteiger partial charge in [0.25, 0.3) is 0 Å². The highest BCUT2D eigenvalue weighted by atomic mass is 14.4. The molecular weight excluding hydrogens is 180 g/mol. The minimum atomic E-state index is 0.884.